The number of rotatable bonds is 3. The highest BCUT2D eigenvalue weighted by molar-refractivity contribution is 5.20. The Labute approximate surface area is 112 Å². The summed E-state index contributed by atoms with van der Waals surface area (Å²) in [7, 11) is 0. The van der Waals surface area contributed by atoms with E-state index in [1.165, 1.54) is 12.1 Å². The van der Waals surface area contributed by atoms with E-state index < -0.39 is 12.2 Å². The first-order valence-electron chi connectivity index (χ1n) is 6.84. The van der Waals surface area contributed by atoms with Crippen LogP contribution in [0, 0.1) is 5.92 Å². The lowest BCUT2D eigenvalue weighted by atomic mass is 9.86. The van der Waals surface area contributed by atoms with E-state index in [-0.39, 0.29) is 6.04 Å². The Morgan fingerprint density at radius 2 is 1.84 bits per heavy atom. The standard InChI is InChI=1S/C15H20F3N/c1-11-6-5-9-13(10-11)19-14(15(16,17)18)12-7-3-2-4-8-12/h2-4,7-8,11,13-14,19H,5-6,9-10H2,1H3. The summed E-state index contributed by atoms with van der Waals surface area (Å²) < 4.78 is 39.6. The molecule has 3 unspecified atom stereocenters. The first-order chi connectivity index (χ1) is 8.97. The van der Waals surface area contributed by atoms with Gasteiger partial charge in [-0.1, -0.05) is 50.1 Å². The highest BCUT2D eigenvalue weighted by Gasteiger charge is 2.42. The molecular formula is C15H20F3N. The van der Waals surface area contributed by atoms with Crippen molar-refractivity contribution in [3.63, 3.8) is 0 Å². The second-order valence-electron chi connectivity index (χ2n) is 5.52. The fourth-order valence-electron chi connectivity index (χ4n) is 2.85. The third-order valence-corrected chi connectivity index (χ3v) is 3.80. The van der Waals surface area contributed by atoms with Gasteiger partial charge in [0, 0.05) is 6.04 Å². The van der Waals surface area contributed by atoms with E-state index in [1.54, 1.807) is 18.2 Å². The molecule has 1 saturated carbocycles. The molecule has 1 N–H and O–H groups in total. The van der Waals surface area contributed by atoms with Gasteiger partial charge in [0.2, 0.25) is 0 Å². The Morgan fingerprint density at radius 1 is 1.16 bits per heavy atom. The Balaban J connectivity index is 2.11. The maximum Gasteiger partial charge on any atom is 0.407 e. The molecule has 19 heavy (non-hydrogen) atoms. The quantitative estimate of drug-likeness (QED) is 0.856. The van der Waals surface area contributed by atoms with Gasteiger partial charge in [-0.05, 0) is 24.3 Å². The second-order valence-corrected chi connectivity index (χ2v) is 5.52. The van der Waals surface area contributed by atoms with Crippen molar-refractivity contribution in [2.75, 3.05) is 0 Å². The van der Waals surface area contributed by atoms with Gasteiger partial charge >= 0.3 is 6.18 Å². The molecule has 2 rings (SSSR count). The van der Waals surface area contributed by atoms with E-state index >= 15 is 0 Å². The van der Waals surface area contributed by atoms with E-state index in [2.05, 4.69) is 12.2 Å². The van der Waals surface area contributed by atoms with Crippen molar-refractivity contribution >= 4 is 0 Å². The summed E-state index contributed by atoms with van der Waals surface area (Å²) >= 11 is 0. The zero-order valence-corrected chi connectivity index (χ0v) is 11.1. The molecule has 0 bridgehead atoms. The van der Waals surface area contributed by atoms with Gasteiger partial charge in [0.15, 0.2) is 0 Å². The number of nitrogens with one attached hydrogen (secondary N) is 1. The van der Waals surface area contributed by atoms with Gasteiger partial charge in [-0.3, -0.25) is 5.32 Å². The Morgan fingerprint density at radius 3 is 2.42 bits per heavy atom. The van der Waals surface area contributed by atoms with Crippen LogP contribution in [0.15, 0.2) is 30.3 Å². The zero-order valence-electron chi connectivity index (χ0n) is 11.1. The highest BCUT2D eigenvalue weighted by Crippen LogP contribution is 2.35. The lowest BCUT2D eigenvalue weighted by Crippen LogP contribution is -2.42. The van der Waals surface area contributed by atoms with Gasteiger partial charge in [-0.25, -0.2) is 0 Å². The van der Waals surface area contributed by atoms with Crippen molar-refractivity contribution < 1.29 is 13.2 Å². The molecule has 1 fully saturated rings. The lowest BCUT2D eigenvalue weighted by Gasteiger charge is -2.32. The van der Waals surface area contributed by atoms with E-state index in [4.69, 9.17) is 0 Å². The van der Waals surface area contributed by atoms with E-state index in [0.717, 1.165) is 25.7 Å². The molecule has 0 amide bonds. The summed E-state index contributed by atoms with van der Waals surface area (Å²) in [5.41, 5.74) is 0.299. The fourth-order valence-corrected chi connectivity index (χ4v) is 2.85. The monoisotopic (exact) mass is 271 g/mol. The fraction of sp³-hybridized carbons (Fsp3) is 0.600. The van der Waals surface area contributed by atoms with Gasteiger partial charge in [-0.2, -0.15) is 13.2 Å². The first-order valence-corrected chi connectivity index (χ1v) is 6.84. The average molecular weight is 271 g/mol. The molecular weight excluding hydrogens is 251 g/mol. The summed E-state index contributed by atoms with van der Waals surface area (Å²) in [6.07, 6.45) is -0.441. The maximum absolute atomic E-state index is 13.2. The smallest absolute Gasteiger partial charge is 0.300 e. The molecule has 0 saturated heterocycles. The lowest BCUT2D eigenvalue weighted by molar-refractivity contribution is -0.160. The van der Waals surface area contributed by atoms with E-state index in [0.29, 0.717) is 11.5 Å². The van der Waals surface area contributed by atoms with Gasteiger partial charge in [-0.15, -0.1) is 0 Å². The van der Waals surface area contributed by atoms with Crippen LogP contribution in [0.5, 0.6) is 0 Å². The first kappa shape index (κ1) is 14.4. The molecule has 0 heterocycles. The van der Waals surface area contributed by atoms with Crippen LogP contribution in [0.1, 0.15) is 44.2 Å². The molecule has 1 aromatic carbocycles. The molecule has 1 aliphatic carbocycles. The minimum Gasteiger partial charge on any atom is -0.300 e. The van der Waals surface area contributed by atoms with E-state index in [9.17, 15) is 13.2 Å². The van der Waals surface area contributed by atoms with Gasteiger partial charge in [0.25, 0.3) is 0 Å². The zero-order chi connectivity index (χ0) is 13.9. The predicted molar refractivity (Wildman–Crippen MR) is 69.8 cm³/mol. The molecule has 1 aliphatic rings. The van der Waals surface area contributed by atoms with Crippen LogP contribution in [0.3, 0.4) is 0 Å². The molecule has 0 aromatic heterocycles. The van der Waals surface area contributed by atoms with Crippen molar-refractivity contribution in [2.45, 2.75) is 50.9 Å². The van der Waals surface area contributed by atoms with E-state index in [1.807, 2.05) is 0 Å². The molecule has 0 aliphatic heterocycles. The molecule has 1 aromatic rings. The van der Waals surface area contributed by atoms with Crippen LogP contribution in [0.25, 0.3) is 0 Å². The SMILES string of the molecule is CC1CCCC(NC(c2ccccc2)C(F)(F)F)C1. The van der Waals surface area contributed by atoms with Crippen LogP contribution in [0.4, 0.5) is 13.2 Å². The minimum atomic E-state index is -4.25. The Kier molecular flexibility index (Phi) is 4.50. The van der Waals surface area contributed by atoms with Crippen molar-refractivity contribution in [2.24, 2.45) is 5.92 Å². The largest absolute Gasteiger partial charge is 0.407 e. The summed E-state index contributed by atoms with van der Waals surface area (Å²) in [6, 6.07) is 6.53. The number of benzene rings is 1. The van der Waals surface area contributed by atoms with Crippen LogP contribution >= 0.6 is 0 Å². The van der Waals surface area contributed by atoms with Crippen LogP contribution in [-0.4, -0.2) is 12.2 Å². The van der Waals surface area contributed by atoms with Gasteiger partial charge in [0.1, 0.15) is 6.04 Å². The molecule has 1 nitrogen and oxygen atoms in total. The molecule has 4 heteroatoms. The summed E-state index contributed by atoms with van der Waals surface area (Å²) in [5, 5.41) is 2.82. The molecule has 3 atom stereocenters. The third-order valence-electron chi connectivity index (χ3n) is 3.80. The van der Waals surface area contributed by atoms with Gasteiger partial charge in [0.05, 0.1) is 0 Å². The van der Waals surface area contributed by atoms with Crippen molar-refractivity contribution in [1.82, 2.24) is 5.32 Å². The summed E-state index contributed by atoms with van der Waals surface area (Å²) in [5.74, 6) is 0.510. The normalized spacial score (nSPS) is 26.1. The number of halogens is 3. The highest BCUT2D eigenvalue weighted by atomic mass is 19.4. The second kappa shape index (κ2) is 5.95. The van der Waals surface area contributed by atoms with Crippen molar-refractivity contribution in [3.05, 3.63) is 35.9 Å². The van der Waals surface area contributed by atoms with Crippen LogP contribution in [-0.2, 0) is 0 Å². The molecule has 0 spiro atoms. The number of hydrogen-bond donors (Lipinski definition) is 1. The maximum atomic E-state index is 13.2. The van der Waals surface area contributed by atoms with Gasteiger partial charge < -0.3 is 0 Å². The average Bonchev–Trinajstić information content (AvgIpc) is 2.36. The van der Waals surface area contributed by atoms with Crippen LogP contribution < -0.4 is 5.32 Å². The van der Waals surface area contributed by atoms with Crippen LogP contribution in [0.2, 0.25) is 0 Å². The van der Waals surface area contributed by atoms with Crippen molar-refractivity contribution in [1.29, 1.82) is 0 Å². The topological polar surface area (TPSA) is 12.0 Å². The molecule has 106 valence electrons. The third kappa shape index (κ3) is 3.96. The summed E-state index contributed by atoms with van der Waals surface area (Å²) in [6.45, 7) is 2.11. The predicted octanol–water partition coefficient (Wildman–Crippen LogP) is 4.46. The number of alkyl halides is 3. The Bertz CT molecular complexity index is 388. The minimum absolute atomic E-state index is 0.0319. The number of hydrogen-bond acceptors (Lipinski definition) is 1. The molecule has 0 radical (unpaired) electrons. The Hall–Kier alpha value is -1.03. The van der Waals surface area contributed by atoms with Crippen molar-refractivity contribution in [3.8, 4) is 0 Å². The summed E-state index contributed by atoms with van der Waals surface area (Å²) in [4.78, 5) is 0.